The molecule has 0 spiro atoms. The van der Waals surface area contributed by atoms with Gasteiger partial charge in [0.25, 0.3) is 0 Å². The van der Waals surface area contributed by atoms with Gasteiger partial charge >= 0.3 is 11.9 Å². The van der Waals surface area contributed by atoms with Crippen LogP contribution in [0.15, 0.2) is 67.0 Å². The monoisotopic (exact) mass is 527 g/mol. The van der Waals surface area contributed by atoms with Gasteiger partial charge in [0.2, 0.25) is 5.95 Å². The highest BCUT2D eigenvalue weighted by atomic mass is 35.5. The van der Waals surface area contributed by atoms with Crippen molar-refractivity contribution < 1.29 is 28.2 Å². The second kappa shape index (κ2) is 11.8. The highest BCUT2D eigenvalue weighted by Crippen LogP contribution is 2.25. The highest BCUT2D eigenvalue weighted by Gasteiger charge is 2.29. The predicted molar refractivity (Wildman–Crippen MR) is 133 cm³/mol. The van der Waals surface area contributed by atoms with E-state index < -0.39 is 37.0 Å². The van der Waals surface area contributed by atoms with Crippen molar-refractivity contribution in [3.8, 4) is 0 Å². The highest BCUT2D eigenvalue weighted by molar-refractivity contribution is 6.33. The molecule has 2 aromatic carbocycles. The molecule has 0 saturated carbocycles. The number of ether oxygens (including phenoxy) is 3. The Balaban J connectivity index is 1.57. The molecule has 2 heterocycles. The van der Waals surface area contributed by atoms with Crippen LogP contribution in [0.5, 0.6) is 0 Å². The van der Waals surface area contributed by atoms with E-state index in [4.69, 9.17) is 31.5 Å². The number of rotatable bonds is 10. The maximum Gasteiger partial charge on any atom is 0.338 e. The number of nitrogen functional groups attached to an aromatic ring is 1. The number of benzene rings is 2. The number of halogens is 2. The van der Waals surface area contributed by atoms with Crippen LogP contribution in [0, 0.1) is 0 Å². The molecule has 0 amide bonds. The largest absolute Gasteiger partial charge is 0.459 e. The molecule has 0 radical (unpaired) electrons. The summed E-state index contributed by atoms with van der Waals surface area (Å²) in [5, 5.41) is -0.00245. The van der Waals surface area contributed by atoms with Gasteiger partial charge in [-0.05, 0) is 31.2 Å². The number of esters is 2. The summed E-state index contributed by atoms with van der Waals surface area (Å²) in [7, 11) is 0. The molecule has 12 heteroatoms. The van der Waals surface area contributed by atoms with Crippen LogP contribution in [0.3, 0.4) is 0 Å². The number of carbonyl (C=O) groups excluding carboxylic acids is 2. The van der Waals surface area contributed by atoms with Crippen molar-refractivity contribution in [2.24, 2.45) is 0 Å². The Hall–Kier alpha value is -4.09. The van der Waals surface area contributed by atoms with Crippen LogP contribution in [-0.4, -0.2) is 56.9 Å². The van der Waals surface area contributed by atoms with Crippen molar-refractivity contribution in [3.63, 3.8) is 0 Å². The topological polar surface area (TPSA) is 131 Å². The lowest BCUT2D eigenvalue weighted by atomic mass is 10.2. The summed E-state index contributed by atoms with van der Waals surface area (Å²) < 4.78 is 32.5. The van der Waals surface area contributed by atoms with Gasteiger partial charge in [-0.1, -0.05) is 48.0 Å². The van der Waals surface area contributed by atoms with E-state index in [1.165, 1.54) is 10.9 Å². The first-order chi connectivity index (χ1) is 17.9. The normalized spacial score (nSPS) is 13.6. The summed E-state index contributed by atoms with van der Waals surface area (Å²) in [6, 6.07) is 16.7. The molecule has 2 N–H and O–H groups in total. The van der Waals surface area contributed by atoms with Gasteiger partial charge in [0.05, 0.1) is 17.5 Å². The summed E-state index contributed by atoms with van der Waals surface area (Å²) in [6.07, 6.45) is -2.01. The molecule has 0 unspecified atom stereocenters. The molecular weight excluding hydrogens is 505 g/mol. The zero-order valence-corrected chi connectivity index (χ0v) is 20.4. The average Bonchev–Trinajstić information content (AvgIpc) is 3.33. The first kappa shape index (κ1) is 26.0. The fourth-order valence-electron chi connectivity index (χ4n) is 3.47. The third kappa shape index (κ3) is 6.19. The molecule has 192 valence electrons. The Labute approximate surface area is 216 Å². The van der Waals surface area contributed by atoms with Crippen molar-refractivity contribution in [1.29, 1.82) is 0 Å². The van der Waals surface area contributed by atoms with Crippen LogP contribution in [0.1, 0.15) is 33.9 Å². The van der Waals surface area contributed by atoms with Gasteiger partial charge in [0.15, 0.2) is 17.0 Å². The van der Waals surface area contributed by atoms with Gasteiger partial charge in [0.1, 0.15) is 31.0 Å². The molecule has 0 saturated heterocycles. The molecule has 4 rings (SSSR count). The number of hydrogen-bond acceptors (Lipinski definition) is 9. The number of nitrogens with zero attached hydrogens (tertiary/aromatic N) is 4. The second-order valence-electron chi connectivity index (χ2n) is 7.92. The molecule has 0 bridgehead atoms. The third-order valence-electron chi connectivity index (χ3n) is 5.38. The molecule has 2 aromatic heterocycles. The van der Waals surface area contributed by atoms with Gasteiger partial charge in [-0.25, -0.2) is 19.0 Å². The van der Waals surface area contributed by atoms with Crippen molar-refractivity contribution in [1.82, 2.24) is 19.5 Å². The summed E-state index contributed by atoms with van der Waals surface area (Å²) in [5.74, 6) is -1.36. The van der Waals surface area contributed by atoms with E-state index in [0.29, 0.717) is 11.1 Å². The summed E-state index contributed by atoms with van der Waals surface area (Å²) >= 11 is 6.08. The average molecular weight is 528 g/mol. The van der Waals surface area contributed by atoms with E-state index in [0.717, 1.165) is 0 Å². The minimum Gasteiger partial charge on any atom is -0.459 e. The van der Waals surface area contributed by atoms with E-state index in [-0.39, 0.29) is 28.9 Å². The second-order valence-corrected chi connectivity index (χ2v) is 8.28. The molecule has 0 aliphatic carbocycles. The van der Waals surface area contributed by atoms with E-state index in [1.54, 1.807) is 67.6 Å². The molecule has 4 aromatic rings. The Morgan fingerprint density at radius 3 is 2.27 bits per heavy atom. The fourth-order valence-corrected chi connectivity index (χ4v) is 3.69. The minimum atomic E-state index is -1.28. The molecule has 0 aliphatic heterocycles. The standard InChI is InChI=1S/C25H23ClFN5O5/c1-15(36-24(34)17-10-6-3-7-11-17)18(13-35-23(33)16-8-4-2-5-9-16)37-19(12-27)32-14-29-20-21(26)30-25(28)31-22(20)32/h2-11,14-15,18-19H,12-13H2,1H3,(H2,28,30,31)/t15-,18+,19+/m0/s1. The van der Waals surface area contributed by atoms with E-state index in [9.17, 15) is 14.0 Å². The molecule has 0 fully saturated rings. The number of nitrogens with two attached hydrogens (primary N) is 1. The molecule has 10 nitrogen and oxygen atoms in total. The van der Waals surface area contributed by atoms with E-state index in [2.05, 4.69) is 15.0 Å². The Bertz CT molecular complexity index is 1370. The number of alkyl halides is 1. The molecule has 37 heavy (non-hydrogen) atoms. The third-order valence-corrected chi connectivity index (χ3v) is 5.65. The van der Waals surface area contributed by atoms with E-state index >= 15 is 0 Å². The van der Waals surface area contributed by atoms with Crippen molar-refractivity contribution in [2.45, 2.75) is 25.4 Å². The van der Waals surface area contributed by atoms with Crippen LogP contribution in [-0.2, 0) is 14.2 Å². The fraction of sp³-hybridized carbons (Fsp3) is 0.240. The summed E-state index contributed by atoms with van der Waals surface area (Å²) in [4.78, 5) is 37.2. The number of aromatic nitrogens is 4. The lowest BCUT2D eigenvalue weighted by Crippen LogP contribution is -2.38. The maximum atomic E-state index is 14.3. The zero-order valence-electron chi connectivity index (χ0n) is 19.7. The van der Waals surface area contributed by atoms with Crippen molar-refractivity contribution in [3.05, 3.63) is 83.3 Å². The van der Waals surface area contributed by atoms with Gasteiger partial charge in [0, 0.05) is 0 Å². The number of fused-ring (bicyclic) bond motifs is 1. The summed E-state index contributed by atoms with van der Waals surface area (Å²) in [6.45, 7) is 0.202. The molecule has 3 atom stereocenters. The van der Waals surface area contributed by atoms with Gasteiger partial charge < -0.3 is 19.9 Å². The van der Waals surface area contributed by atoms with Gasteiger partial charge in [-0.2, -0.15) is 9.97 Å². The van der Waals surface area contributed by atoms with Crippen LogP contribution < -0.4 is 5.73 Å². The number of carbonyl (C=O) groups is 2. The smallest absolute Gasteiger partial charge is 0.338 e. The SMILES string of the molecule is C[C@H](OC(=O)c1ccccc1)[C@@H](COC(=O)c1ccccc1)O[C@H](CF)n1cnc2c(Cl)nc(N)nc21. The lowest BCUT2D eigenvalue weighted by molar-refractivity contribution is -0.128. The maximum absolute atomic E-state index is 14.3. The first-order valence-corrected chi connectivity index (χ1v) is 11.6. The van der Waals surface area contributed by atoms with E-state index in [1.807, 2.05) is 0 Å². The minimum absolute atomic E-state index is 0.00245. The number of anilines is 1. The zero-order chi connectivity index (χ0) is 26.4. The van der Waals surface area contributed by atoms with Crippen molar-refractivity contribution >= 4 is 40.7 Å². The Morgan fingerprint density at radius 1 is 1.03 bits per heavy atom. The Morgan fingerprint density at radius 2 is 1.65 bits per heavy atom. The Kier molecular flexibility index (Phi) is 8.26. The van der Waals surface area contributed by atoms with Crippen molar-refractivity contribution in [2.75, 3.05) is 19.0 Å². The van der Waals surface area contributed by atoms with Crippen LogP contribution in [0.25, 0.3) is 11.2 Å². The van der Waals surface area contributed by atoms with Gasteiger partial charge in [-0.15, -0.1) is 0 Å². The first-order valence-electron chi connectivity index (χ1n) is 11.2. The van der Waals surface area contributed by atoms with Crippen LogP contribution >= 0.6 is 11.6 Å². The quantitative estimate of drug-likeness (QED) is 0.240. The van der Waals surface area contributed by atoms with Crippen LogP contribution in [0.2, 0.25) is 5.15 Å². The number of hydrogen-bond donors (Lipinski definition) is 1. The predicted octanol–water partition coefficient (Wildman–Crippen LogP) is 4.02. The number of imidazole rings is 1. The lowest BCUT2D eigenvalue weighted by Gasteiger charge is -2.28. The van der Waals surface area contributed by atoms with Gasteiger partial charge in [-0.3, -0.25) is 4.57 Å². The molecular formula is C25H23ClFN5O5. The summed E-state index contributed by atoms with van der Waals surface area (Å²) in [5.41, 5.74) is 6.68. The molecule has 0 aliphatic rings. The van der Waals surface area contributed by atoms with Crippen LogP contribution in [0.4, 0.5) is 10.3 Å².